The summed E-state index contributed by atoms with van der Waals surface area (Å²) in [5.41, 5.74) is -1.75. The Kier molecular flexibility index (Phi) is 7.60. The Morgan fingerprint density at radius 1 is 1.16 bits per heavy atom. The van der Waals surface area contributed by atoms with Gasteiger partial charge in [0.2, 0.25) is 5.91 Å². The van der Waals surface area contributed by atoms with E-state index in [1.165, 1.54) is 30.0 Å². The van der Waals surface area contributed by atoms with Crippen LogP contribution in [-0.4, -0.2) is 35.7 Å². The van der Waals surface area contributed by atoms with E-state index in [9.17, 15) is 22.8 Å². The summed E-state index contributed by atoms with van der Waals surface area (Å²) >= 11 is 1.19. The third-order valence-corrected chi connectivity index (χ3v) is 3.61. The maximum absolute atomic E-state index is 12.8. The minimum absolute atomic E-state index is 0.0256. The zero-order chi connectivity index (χ0) is 19.1. The molecule has 0 heterocycles. The number of amides is 2. The second-order valence-electron chi connectivity index (χ2n) is 6.07. The van der Waals surface area contributed by atoms with Crippen LogP contribution in [0, 0.1) is 0 Å². The van der Waals surface area contributed by atoms with Gasteiger partial charge in [0.1, 0.15) is 5.60 Å². The summed E-state index contributed by atoms with van der Waals surface area (Å²) in [5.74, 6) is -0.144. The number of carbonyl (C=O) groups is 2. The molecular weight excluding hydrogens is 357 g/mol. The lowest BCUT2D eigenvalue weighted by Gasteiger charge is -2.19. The van der Waals surface area contributed by atoms with Crippen molar-refractivity contribution in [1.82, 2.24) is 5.32 Å². The van der Waals surface area contributed by atoms with Crippen molar-refractivity contribution in [2.24, 2.45) is 0 Å². The van der Waals surface area contributed by atoms with Crippen LogP contribution in [0.15, 0.2) is 24.3 Å². The molecule has 0 fully saturated rings. The molecule has 0 saturated heterocycles. The Balaban J connectivity index is 2.34. The summed E-state index contributed by atoms with van der Waals surface area (Å²) in [6, 6.07) is 4.79. The quantitative estimate of drug-likeness (QED) is 0.737. The highest BCUT2D eigenvalue weighted by atomic mass is 32.2. The smallest absolute Gasteiger partial charge is 0.418 e. The van der Waals surface area contributed by atoms with Gasteiger partial charge < -0.3 is 15.4 Å². The Morgan fingerprint density at radius 3 is 2.40 bits per heavy atom. The van der Waals surface area contributed by atoms with Crippen LogP contribution in [0.25, 0.3) is 0 Å². The standard InChI is InChI=1S/C16H21F3N2O3S/c1-15(2,3)24-14(23)20-8-9-25-10-13(22)21-12-7-5-4-6-11(12)16(17,18)19/h4-7H,8-10H2,1-3H3,(H,20,23)(H,21,22). The maximum atomic E-state index is 12.8. The van der Waals surface area contributed by atoms with Crippen molar-refractivity contribution < 1.29 is 27.5 Å². The zero-order valence-electron chi connectivity index (χ0n) is 14.2. The van der Waals surface area contributed by atoms with Gasteiger partial charge in [0.05, 0.1) is 17.0 Å². The molecule has 0 spiro atoms. The molecule has 0 radical (unpaired) electrons. The Hall–Kier alpha value is -1.90. The number of anilines is 1. The number of hydrogen-bond acceptors (Lipinski definition) is 4. The van der Waals surface area contributed by atoms with Crippen LogP contribution in [-0.2, 0) is 15.7 Å². The lowest BCUT2D eigenvalue weighted by Crippen LogP contribution is -2.33. The van der Waals surface area contributed by atoms with Crippen LogP contribution in [0.2, 0.25) is 0 Å². The number of hydrogen-bond donors (Lipinski definition) is 2. The van der Waals surface area contributed by atoms with Gasteiger partial charge in [-0.2, -0.15) is 24.9 Å². The number of para-hydroxylation sites is 1. The second-order valence-corrected chi connectivity index (χ2v) is 7.18. The van der Waals surface area contributed by atoms with Gasteiger partial charge in [0.15, 0.2) is 0 Å². The number of nitrogens with one attached hydrogen (secondary N) is 2. The molecule has 0 atom stereocenters. The summed E-state index contributed by atoms with van der Waals surface area (Å²) in [6.07, 6.45) is -5.09. The molecule has 0 saturated carbocycles. The van der Waals surface area contributed by atoms with Crippen LogP contribution in [0.1, 0.15) is 26.3 Å². The average Bonchev–Trinajstić information content (AvgIpc) is 2.44. The number of rotatable bonds is 6. The van der Waals surface area contributed by atoms with E-state index in [2.05, 4.69) is 10.6 Å². The fourth-order valence-corrected chi connectivity index (χ4v) is 2.38. The molecule has 0 aliphatic heterocycles. The minimum Gasteiger partial charge on any atom is -0.444 e. The van der Waals surface area contributed by atoms with Crippen LogP contribution >= 0.6 is 11.8 Å². The molecule has 0 unspecified atom stereocenters. The van der Waals surface area contributed by atoms with Crippen molar-refractivity contribution in [2.45, 2.75) is 32.5 Å². The first-order chi connectivity index (χ1) is 11.5. The molecule has 1 rings (SSSR count). The second kappa shape index (κ2) is 8.98. The van der Waals surface area contributed by atoms with Gasteiger partial charge in [-0.3, -0.25) is 4.79 Å². The van der Waals surface area contributed by atoms with Gasteiger partial charge in [0.25, 0.3) is 0 Å². The van der Waals surface area contributed by atoms with Gasteiger partial charge in [0, 0.05) is 12.3 Å². The lowest BCUT2D eigenvalue weighted by atomic mass is 10.1. The highest BCUT2D eigenvalue weighted by molar-refractivity contribution is 7.99. The predicted octanol–water partition coefficient (Wildman–Crippen LogP) is 3.90. The molecule has 2 amide bonds. The fourth-order valence-electron chi connectivity index (χ4n) is 1.73. The normalized spacial score (nSPS) is 11.8. The van der Waals surface area contributed by atoms with Gasteiger partial charge in [-0.05, 0) is 32.9 Å². The zero-order valence-corrected chi connectivity index (χ0v) is 15.0. The van der Waals surface area contributed by atoms with Crippen molar-refractivity contribution >= 4 is 29.4 Å². The van der Waals surface area contributed by atoms with E-state index in [4.69, 9.17) is 4.74 Å². The molecule has 1 aromatic rings. The molecule has 2 N–H and O–H groups in total. The van der Waals surface area contributed by atoms with E-state index in [1.54, 1.807) is 20.8 Å². The highest BCUT2D eigenvalue weighted by Crippen LogP contribution is 2.34. The summed E-state index contributed by atoms with van der Waals surface area (Å²) in [4.78, 5) is 23.2. The summed E-state index contributed by atoms with van der Waals surface area (Å²) in [6.45, 7) is 5.51. The summed E-state index contributed by atoms with van der Waals surface area (Å²) < 4.78 is 43.6. The van der Waals surface area contributed by atoms with E-state index in [0.29, 0.717) is 5.75 Å². The molecule has 1 aromatic carbocycles. The molecule has 9 heteroatoms. The van der Waals surface area contributed by atoms with Gasteiger partial charge in [-0.25, -0.2) is 4.79 Å². The molecule has 25 heavy (non-hydrogen) atoms. The number of alkyl carbamates (subject to hydrolysis) is 1. The highest BCUT2D eigenvalue weighted by Gasteiger charge is 2.33. The number of halogens is 3. The number of thioether (sulfide) groups is 1. The summed E-state index contributed by atoms with van der Waals surface area (Å²) in [7, 11) is 0. The molecule has 0 aromatic heterocycles. The third-order valence-electron chi connectivity index (χ3n) is 2.65. The monoisotopic (exact) mass is 378 g/mol. The summed E-state index contributed by atoms with van der Waals surface area (Å²) in [5, 5.41) is 4.79. The van der Waals surface area contributed by atoms with E-state index < -0.39 is 29.3 Å². The Labute approximate surface area is 148 Å². The lowest BCUT2D eigenvalue weighted by molar-refractivity contribution is -0.137. The topological polar surface area (TPSA) is 67.4 Å². The molecular formula is C16H21F3N2O3S. The predicted molar refractivity (Wildman–Crippen MR) is 91.6 cm³/mol. The van der Waals surface area contributed by atoms with Gasteiger partial charge >= 0.3 is 12.3 Å². The van der Waals surface area contributed by atoms with Crippen LogP contribution in [0.3, 0.4) is 0 Å². The van der Waals surface area contributed by atoms with E-state index >= 15 is 0 Å². The van der Waals surface area contributed by atoms with Crippen molar-refractivity contribution in [1.29, 1.82) is 0 Å². The van der Waals surface area contributed by atoms with E-state index in [1.807, 2.05) is 0 Å². The molecule has 140 valence electrons. The Morgan fingerprint density at radius 2 is 1.80 bits per heavy atom. The average molecular weight is 378 g/mol. The number of benzene rings is 1. The number of ether oxygens (including phenoxy) is 1. The van der Waals surface area contributed by atoms with Crippen molar-refractivity contribution in [3.8, 4) is 0 Å². The number of alkyl halides is 3. The first-order valence-corrected chi connectivity index (χ1v) is 8.65. The molecule has 5 nitrogen and oxygen atoms in total. The SMILES string of the molecule is CC(C)(C)OC(=O)NCCSCC(=O)Nc1ccccc1C(F)(F)F. The van der Waals surface area contributed by atoms with E-state index in [-0.39, 0.29) is 18.0 Å². The molecule has 0 bridgehead atoms. The maximum Gasteiger partial charge on any atom is 0.418 e. The largest absolute Gasteiger partial charge is 0.444 e. The van der Waals surface area contributed by atoms with Crippen molar-refractivity contribution in [2.75, 3.05) is 23.4 Å². The van der Waals surface area contributed by atoms with Gasteiger partial charge in [-0.15, -0.1) is 0 Å². The minimum atomic E-state index is -4.53. The molecule has 0 aliphatic rings. The first-order valence-electron chi connectivity index (χ1n) is 7.50. The van der Waals surface area contributed by atoms with E-state index in [0.717, 1.165) is 6.07 Å². The van der Waals surface area contributed by atoms with Crippen LogP contribution < -0.4 is 10.6 Å². The first kappa shape index (κ1) is 21.1. The fraction of sp³-hybridized carbons (Fsp3) is 0.500. The van der Waals surface area contributed by atoms with Crippen molar-refractivity contribution in [3.63, 3.8) is 0 Å². The number of carbonyl (C=O) groups excluding carboxylic acids is 2. The molecule has 0 aliphatic carbocycles. The van der Waals surface area contributed by atoms with Crippen molar-refractivity contribution in [3.05, 3.63) is 29.8 Å². The third kappa shape index (κ3) is 8.67. The van der Waals surface area contributed by atoms with Crippen LogP contribution in [0.4, 0.5) is 23.7 Å². The Bertz CT molecular complexity index is 601. The van der Waals surface area contributed by atoms with Crippen LogP contribution in [0.5, 0.6) is 0 Å². The van der Waals surface area contributed by atoms with Gasteiger partial charge in [-0.1, -0.05) is 12.1 Å².